The van der Waals surface area contributed by atoms with E-state index in [9.17, 15) is 0 Å². The Morgan fingerprint density at radius 3 is 2.33 bits per heavy atom. The summed E-state index contributed by atoms with van der Waals surface area (Å²) in [5, 5.41) is 0. The minimum atomic E-state index is 0.376. The number of hydrogen-bond acceptors (Lipinski definition) is 2. The summed E-state index contributed by atoms with van der Waals surface area (Å²) in [5.41, 5.74) is 5.75. The molecule has 0 spiro atoms. The first-order valence-electron chi connectivity index (χ1n) is 6.62. The Morgan fingerprint density at radius 2 is 1.80 bits per heavy atom. The summed E-state index contributed by atoms with van der Waals surface area (Å²) >= 11 is 0. The zero-order valence-corrected chi connectivity index (χ0v) is 10.7. The van der Waals surface area contributed by atoms with E-state index in [4.69, 9.17) is 5.73 Å². The van der Waals surface area contributed by atoms with Crippen LogP contribution in [0.2, 0.25) is 0 Å². The maximum absolute atomic E-state index is 5.75. The molecule has 1 fully saturated rings. The van der Waals surface area contributed by atoms with Crippen LogP contribution in [0.4, 0.5) is 0 Å². The van der Waals surface area contributed by atoms with Crippen LogP contribution in [0.15, 0.2) is 0 Å². The molecule has 0 aromatic carbocycles. The third kappa shape index (κ3) is 4.52. The Kier molecular flexibility index (Phi) is 5.62. The lowest BCUT2D eigenvalue weighted by molar-refractivity contribution is 0.101. The molecule has 3 atom stereocenters. The predicted octanol–water partition coefficient (Wildman–Crippen LogP) is 2.77. The highest BCUT2D eigenvalue weighted by atomic mass is 15.2. The van der Waals surface area contributed by atoms with Crippen molar-refractivity contribution < 1.29 is 0 Å². The predicted molar refractivity (Wildman–Crippen MR) is 67.0 cm³/mol. The highest BCUT2D eigenvalue weighted by molar-refractivity contribution is 4.79. The summed E-state index contributed by atoms with van der Waals surface area (Å²) in [7, 11) is 0. The number of nitrogens with two attached hydrogens (primary N) is 1. The standard InChI is InChI=1S/C13H28N2/c1-11(14)7-4-5-10-15-12(2)8-6-9-13(15)3/h11-13H,4-10,14H2,1-3H3/t11?,12-,13+. The normalized spacial score (nSPS) is 30.4. The summed E-state index contributed by atoms with van der Waals surface area (Å²) in [6.07, 6.45) is 7.97. The van der Waals surface area contributed by atoms with Crippen LogP contribution in [-0.2, 0) is 0 Å². The van der Waals surface area contributed by atoms with Crippen molar-refractivity contribution in [3.8, 4) is 0 Å². The van der Waals surface area contributed by atoms with Crippen LogP contribution in [0.1, 0.15) is 59.3 Å². The van der Waals surface area contributed by atoms with Gasteiger partial charge in [-0.2, -0.15) is 0 Å². The molecule has 0 bridgehead atoms. The van der Waals surface area contributed by atoms with Gasteiger partial charge < -0.3 is 5.73 Å². The van der Waals surface area contributed by atoms with Crippen LogP contribution in [0, 0.1) is 0 Å². The van der Waals surface area contributed by atoms with Crippen molar-refractivity contribution in [1.82, 2.24) is 4.90 Å². The van der Waals surface area contributed by atoms with Crippen LogP contribution >= 0.6 is 0 Å². The number of hydrogen-bond donors (Lipinski definition) is 1. The molecule has 0 radical (unpaired) electrons. The monoisotopic (exact) mass is 212 g/mol. The molecule has 0 amide bonds. The Morgan fingerprint density at radius 1 is 1.20 bits per heavy atom. The van der Waals surface area contributed by atoms with Gasteiger partial charge in [0.2, 0.25) is 0 Å². The third-order valence-electron chi connectivity index (χ3n) is 3.70. The molecule has 2 nitrogen and oxygen atoms in total. The van der Waals surface area contributed by atoms with Crippen LogP contribution in [-0.4, -0.2) is 29.6 Å². The van der Waals surface area contributed by atoms with Crippen molar-refractivity contribution in [3.63, 3.8) is 0 Å². The second-order valence-electron chi connectivity index (χ2n) is 5.34. The van der Waals surface area contributed by atoms with Crippen molar-refractivity contribution >= 4 is 0 Å². The van der Waals surface area contributed by atoms with E-state index < -0.39 is 0 Å². The van der Waals surface area contributed by atoms with Crippen LogP contribution < -0.4 is 5.73 Å². The van der Waals surface area contributed by atoms with Gasteiger partial charge in [-0.05, 0) is 53.0 Å². The molecular formula is C13H28N2. The van der Waals surface area contributed by atoms with Gasteiger partial charge in [0, 0.05) is 18.1 Å². The van der Waals surface area contributed by atoms with Gasteiger partial charge in [0.05, 0.1) is 0 Å². The largest absolute Gasteiger partial charge is 0.328 e. The van der Waals surface area contributed by atoms with Gasteiger partial charge in [0.15, 0.2) is 0 Å². The molecule has 2 N–H and O–H groups in total. The summed E-state index contributed by atoms with van der Waals surface area (Å²) in [5.74, 6) is 0. The molecule has 90 valence electrons. The Hall–Kier alpha value is -0.0800. The van der Waals surface area contributed by atoms with E-state index in [1.807, 2.05) is 0 Å². The van der Waals surface area contributed by atoms with Gasteiger partial charge in [0.25, 0.3) is 0 Å². The van der Waals surface area contributed by atoms with Gasteiger partial charge >= 0.3 is 0 Å². The van der Waals surface area contributed by atoms with Crippen LogP contribution in [0.25, 0.3) is 0 Å². The van der Waals surface area contributed by atoms with Gasteiger partial charge in [-0.15, -0.1) is 0 Å². The minimum Gasteiger partial charge on any atom is -0.328 e. The van der Waals surface area contributed by atoms with E-state index >= 15 is 0 Å². The molecule has 0 saturated carbocycles. The van der Waals surface area contributed by atoms with Crippen LogP contribution in [0.5, 0.6) is 0 Å². The average Bonchev–Trinajstić information content (AvgIpc) is 2.15. The summed E-state index contributed by atoms with van der Waals surface area (Å²) in [6.45, 7) is 8.13. The molecule has 2 heteroatoms. The molecular weight excluding hydrogens is 184 g/mol. The number of piperidine rings is 1. The fourth-order valence-electron chi connectivity index (χ4n) is 2.68. The first-order valence-corrected chi connectivity index (χ1v) is 6.62. The Bertz CT molecular complexity index is 158. The molecule has 1 aliphatic heterocycles. The Labute approximate surface area is 95.2 Å². The summed E-state index contributed by atoms with van der Waals surface area (Å²) in [6, 6.07) is 1.97. The van der Waals surface area contributed by atoms with Gasteiger partial charge in [-0.3, -0.25) is 4.90 Å². The van der Waals surface area contributed by atoms with Crippen molar-refractivity contribution in [2.24, 2.45) is 5.73 Å². The molecule has 0 aromatic rings. The fourth-order valence-corrected chi connectivity index (χ4v) is 2.68. The highest BCUT2D eigenvalue weighted by Crippen LogP contribution is 2.22. The smallest absolute Gasteiger partial charge is 0.00697 e. The number of nitrogens with zero attached hydrogens (tertiary/aromatic N) is 1. The van der Waals surface area contributed by atoms with Crippen molar-refractivity contribution in [3.05, 3.63) is 0 Å². The van der Waals surface area contributed by atoms with E-state index in [0.717, 1.165) is 12.1 Å². The van der Waals surface area contributed by atoms with E-state index in [1.54, 1.807) is 0 Å². The molecule has 1 unspecified atom stereocenters. The molecule has 1 aliphatic rings. The molecule has 0 aliphatic carbocycles. The molecule has 1 heterocycles. The minimum absolute atomic E-state index is 0.376. The first kappa shape index (κ1) is 13.0. The molecule has 0 aromatic heterocycles. The maximum atomic E-state index is 5.75. The average molecular weight is 212 g/mol. The van der Waals surface area contributed by atoms with Crippen LogP contribution in [0.3, 0.4) is 0 Å². The van der Waals surface area contributed by atoms with Gasteiger partial charge in [-0.1, -0.05) is 12.8 Å². The topological polar surface area (TPSA) is 29.3 Å². The molecule has 1 saturated heterocycles. The Balaban J connectivity index is 2.17. The summed E-state index contributed by atoms with van der Waals surface area (Å²) in [4.78, 5) is 2.69. The lowest BCUT2D eigenvalue weighted by Gasteiger charge is -2.39. The third-order valence-corrected chi connectivity index (χ3v) is 3.70. The van der Waals surface area contributed by atoms with Gasteiger partial charge in [0.1, 0.15) is 0 Å². The number of likely N-dealkylation sites (tertiary alicyclic amines) is 1. The van der Waals surface area contributed by atoms with Crippen molar-refractivity contribution in [2.75, 3.05) is 6.54 Å². The van der Waals surface area contributed by atoms with E-state index in [2.05, 4.69) is 25.7 Å². The second kappa shape index (κ2) is 6.49. The first-order chi connectivity index (χ1) is 7.11. The summed E-state index contributed by atoms with van der Waals surface area (Å²) < 4.78 is 0. The van der Waals surface area contributed by atoms with E-state index in [1.165, 1.54) is 45.1 Å². The van der Waals surface area contributed by atoms with Crippen molar-refractivity contribution in [2.45, 2.75) is 77.4 Å². The van der Waals surface area contributed by atoms with E-state index in [-0.39, 0.29) is 0 Å². The fraction of sp³-hybridized carbons (Fsp3) is 1.00. The lowest BCUT2D eigenvalue weighted by Crippen LogP contribution is -2.44. The molecule has 1 rings (SSSR count). The number of rotatable bonds is 5. The SMILES string of the molecule is CC(N)CCCCN1[C@H](C)CCC[C@@H]1C. The zero-order valence-electron chi connectivity index (χ0n) is 10.7. The lowest BCUT2D eigenvalue weighted by atomic mass is 9.97. The van der Waals surface area contributed by atoms with Gasteiger partial charge in [-0.25, -0.2) is 0 Å². The second-order valence-corrected chi connectivity index (χ2v) is 5.34. The number of unbranched alkanes of at least 4 members (excludes halogenated alkanes) is 1. The maximum Gasteiger partial charge on any atom is 0.00697 e. The zero-order chi connectivity index (χ0) is 11.3. The molecule has 15 heavy (non-hydrogen) atoms. The van der Waals surface area contributed by atoms with Crippen molar-refractivity contribution in [1.29, 1.82) is 0 Å². The quantitative estimate of drug-likeness (QED) is 0.710. The highest BCUT2D eigenvalue weighted by Gasteiger charge is 2.23. The van der Waals surface area contributed by atoms with E-state index in [0.29, 0.717) is 6.04 Å².